The molecule has 0 radical (unpaired) electrons. The van der Waals surface area contributed by atoms with Gasteiger partial charge in [-0.25, -0.2) is 4.98 Å². The zero-order chi connectivity index (χ0) is 21.1. The number of likely N-dealkylation sites (tertiary alicyclic amines) is 2. The molecule has 2 aliphatic heterocycles. The van der Waals surface area contributed by atoms with E-state index >= 15 is 0 Å². The number of amides is 2. The number of benzene rings is 1. The van der Waals surface area contributed by atoms with Crippen molar-refractivity contribution in [3.63, 3.8) is 0 Å². The lowest BCUT2D eigenvalue weighted by Crippen LogP contribution is -2.44. The summed E-state index contributed by atoms with van der Waals surface area (Å²) < 4.78 is 2.00. The minimum Gasteiger partial charge on any atom is -0.342 e. The highest BCUT2D eigenvalue weighted by molar-refractivity contribution is 7.99. The van der Waals surface area contributed by atoms with E-state index in [0.717, 1.165) is 55.2 Å². The van der Waals surface area contributed by atoms with Crippen molar-refractivity contribution >= 4 is 34.6 Å². The maximum Gasteiger partial charge on any atom is 0.242 e. The van der Waals surface area contributed by atoms with Gasteiger partial charge in [-0.15, -0.1) is 0 Å². The Labute approximate surface area is 183 Å². The van der Waals surface area contributed by atoms with Gasteiger partial charge >= 0.3 is 0 Å². The van der Waals surface area contributed by atoms with E-state index in [-0.39, 0.29) is 18.4 Å². The molecule has 4 rings (SSSR count). The Hall–Kier alpha value is -2.02. The molecule has 162 valence electrons. The van der Waals surface area contributed by atoms with Crippen LogP contribution < -0.4 is 0 Å². The van der Waals surface area contributed by atoms with Gasteiger partial charge in [0, 0.05) is 26.2 Å². The Bertz CT molecular complexity index is 896. The molecule has 3 heterocycles. The zero-order valence-corrected chi connectivity index (χ0v) is 18.9. The monoisotopic (exact) mass is 428 g/mol. The van der Waals surface area contributed by atoms with Crippen molar-refractivity contribution in [1.29, 1.82) is 0 Å². The Kier molecular flexibility index (Phi) is 6.66. The van der Waals surface area contributed by atoms with Crippen LogP contribution in [0.25, 0.3) is 11.0 Å². The number of fused-ring (bicyclic) bond motifs is 1. The summed E-state index contributed by atoms with van der Waals surface area (Å²) in [5.41, 5.74) is 1.83. The average Bonchev–Trinajstić information content (AvgIpc) is 3.09. The fraction of sp³-hybridized carbons (Fsp3) is 0.609. The van der Waals surface area contributed by atoms with Gasteiger partial charge in [0.25, 0.3) is 0 Å². The molecule has 2 atom stereocenters. The number of hydrogen-bond acceptors (Lipinski definition) is 4. The standard InChI is InChI=1S/C23H32N4O2S/c1-17-12-18(2)14-26(13-17)21(28)15-27-20-9-5-4-8-19(20)24-23(27)30-16-22(29)25-10-6-3-7-11-25/h4-5,8-9,17-18H,3,6-7,10-16H2,1-2H3/t17-,18-/m1/s1. The second-order valence-electron chi connectivity index (χ2n) is 8.94. The number of carbonyl (C=O) groups is 2. The van der Waals surface area contributed by atoms with E-state index in [0.29, 0.717) is 17.6 Å². The summed E-state index contributed by atoms with van der Waals surface area (Å²) in [7, 11) is 0. The normalized spacial score (nSPS) is 22.5. The predicted molar refractivity (Wildman–Crippen MR) is 120 cm³/mol. The molecule has 0 aliphatic carbocycles. The molecular weight excluding hydrogens is 396 g/mol. The summed E-state index contributed by atoms with van der Waals surface area (Å²) in [6.45, 7) is 8.09. The van der Waals surface area contributed by atoms with Gasteiger partial charge in [0.05, 0.1) is 16.8 Å². The molecule has 2 fully saturated rings. The molecular formula is C23H32N4O2S. The van der Waals surface area contributed by atoms with Gasteiger partial charge in [-0.05, 0) is 49.7 Å². The first-order valence-electron chi connectivity index (χ1n) is 11.1. The summed E-state index contributed by atoms with van der Waals surface area (Å²) in [4.78, 5) is 34.5. The number of hydrogen-bond donors (Lipinski definition) is 0. The fourth-order valence-corrected chi connectivity index (χ4v) is 5.70. The van der Waals surface area contributed by atoms with E-state index in [1.807, 2.05) is 38.6 Å². The summed E-state index contributed by atoms with van der Waals surface area (Å²) in [5.74, 6) is 1.75. The molecule has 30 heavy (non-hydrogen) atoms. The van der Waals surface area contributed by atoms with Crippen molar-refractivity contribution in [2.24, 2.45) is 11.8 Å². The maximum atomic E-state index is 13.1. The molecule has 2 saturated heterocycles. The molecule has 7 heteroatoms. The Morgan fingerprint density at radius 2 is 1.70 bits per heavy atom. The van der Waals surface area contributed by atoms with E-state index in [4.69, 9.17) is 4.98 Å². The van der Waals surface area contributed by atoms with Gasteiger partial charge in [0.15, 0.2) is 5.16 Å². The van der Waals surface area contributed by atoms with E-state index in [9.17, 15) is 9.59 Å². The fourth-order valence-electron chi connectivity index (χ4n) is 4.78. The summed E-state index contributed by atoms with van der Waals surface area (Å²) in [5, 5.41) is 0.757. The highest BCUT2D eigenvalue weighted by Gasteiger charge is 2.27. The molecule has 1 aromatic heterocycles. The lowest BCUT2D eigenvalue weighted by Gasteiger charge is -2.35. The van der Waals surface area contributed by atoms with Crippen molar-refractivity contribution < 1.29 is 9.59 Å². The quantitative estimate of drug-likeness (QED) is 0.682. The molecule has 2 aromatic rings. The predicted octanol–water partition coefficient (Wildman–Crippen LogP) is 3.65. The van der Waals surface area contributed by atoms with Gasteiger partial charge in [-0.1, -0.05) is 37.7 Å². The van der Waals surface area contributed by atoms with Gasteiger partial charge in [-0.3, -0.25) is 9.59 Å². The summed E-state index contributed by atoms with van der Waals surface area (Å²) in [6, 6.07) is 7.91. The summed E-state index contributed by atoms with van der Waals surface area (Å²) >= 11 is 1.45. The van der Waals surface area contributed by atoms with Crippen LogP contribution in [0.5, 0.6) is 0 Å². The zero-order valence-electron chi connectivity index (χ0n) is 18.0. The second kappa shape index (κ2) is 9.41. The Morgan fingerprint density at radius 1 is 1.00 bits per heavy atom. The number of aromatic nitrogens is 2. The van der Waals surface area contributed by atoms with Crippen molar-refractivity contribution in [2.45, 2.75) is 51.2 Å². The number of thioether (sulfide) groups is 1. The second-order valence-corrected chi connectivity index (χ2v) is 9.89. The highest BCUT2D eigenvalue weighted by Crippen LogP contribution is 2.26. The van der Waals surface area contributed by atoms with E-state index in [2.05, 4.69) is 13.8 Å². The van der Waals surface area contributed by atoms with Gasteiger partial charge in [-0.2, -0.15) is 0 Å². The SMILES string of the molecule is C[C@@H]1C[C@@H](C)CN(C(=O)Cn2c(SCC(=O)N3CCCCC3)nc3ccccc32)C1. The van der Waals surface area contributed by atoms with Crippen molar-refractivity contribution in [2.75, 3.05) is 31.9 Å². The first-order valence-corrected chi connectivity index (χ1v) is 12.1. The molecule has 1 aromatic carbocycles. The molecule has 0 bridgehead atoms. The van der Waals surface area contributed by atoms with Crippen molar-refractivity contribution in [1.82, 2.24) is 19.4 Å². The van der Waals surface area contributed by atoms with Crippen LogP contribution in [0.3, 0.4) is 0 Å². The Morgan fingerprint density at radius 3 is 2.43 bits per heavy atom. The Balaban J connectivity index is 1.50. The first kappa shape index (κ1) is 21.2. The number of para-hydroxylation sites is 2. The molecule has 0 saturated carbocycles. The molecule has 2 aliphatic rings. The van der Waals surface area contributed by atoms with E-state index in [1.165, 1.54) is 24.6 Å². The van der Waals surface area contributed by atoms with E-state index in [1.54, 1.807) is 0 Å². The van der Waals surface area contributed by atoms with Crippen LogP contribution >= 0.6 is 11.8 Å². The smallest absolute Gasteiger partial charge is 0.242 e. The van der Waals surface area contributed by atoms with Gasteiger partial charge in [0.2, 0.25) is 11.8 Å². The molecule has 6 nitrogen and oxygen atoms in total. The van der Waals surface area contributed by atoms with Crippen LogP contribution in [-0.2, 0) is 16.1 Å². The molecule has 0 spiro atoms. The maximum absolute atomic E-state index is 13.1. The third-order valence-electron chi connectivity index (χ3n) is 6.17. The largest absolute Gasteiger partial charge is 0.342 e. The lowest BCUT2D eigenvalue weighted by molar-refractivity contribution is -0.134. The molecule has 0 N–H and O–H groups in total. The average molecular weight is 429 g/mol. The van der Waals surface area contributed by atoms with Crippen LogP contribution in [-0.4, -0.2) is 63.1 Å². The van der Waals surface area contributed by atoms with Crippen LogP contribution in [0.4, 0.5) is 0 Å². The van der Waals surface area contributed by atoms with Crippen LogP contribution in [0.2, 0.25) is 0 Å². The topological polar surface area (TPSA) is 58.4 Å². The molecule has 0 unspecified atom stereocenters. The molecule has 2 amide bonds. The van der Waals surface area contributed by atoms with Crippen LogP contribution in [0.1, 0.15) is 39.5 Å². The number of nitrogens with zero attached hydrogens (tertiary/aromatic N) is 4. The third kappa shape index (κ3) is 4.82. The number of carbonyl (C=O) groups excluding carboxylic acids is 2. The first-order chi connectivity index (χ1) is 14.5. The van der Waals surface area contributed by atoms with Crippen LogP contribution in [0.15, 0.2) is 29.4 Å². The lowest BCUT2D eigenvalue weighted by atomic mass is 9.92. The van der Waals surface area contributed by atoms with Gasteiger partial charge < -0.3 is 14.4 Å². The van der Waals surface area contributed by atoms with Gasteiger partial charge in [0.1, 0.15) is 6.54 Å². The number of piperidine rings is 2. The third-order valence-corrected chi connectivity index (χ3v) is 7.13. The highest BCUT2D eigenvalue weighted by atomic mass is 32.2. The van der Waals surface area contributed by atoms with E-state index < -0.39 is 0 Å². The van der Waals surface area contributed by atoms with Crippen LogP contribution in [0, 0.1) is 11.8 Å². The number of rotatable bonds is 5. The van der Waals surface area contributed by atoms with Crippen molar-refractivity contribution in [3.8, 4) is 0 Å². The minimum absolute atomic E-state index is 0.140. The summed E-state index contributed by atoms with van der Waals surface area (Å²) in [6.07, 6.45) is 4.58. The minimum atomic E-state index is 0.140. The number of imidazole rings is 1. The van der Waals surface area contributed by atoms with Crippen molar-refractivity contribution in [3.05, 3.63) is 24.3 Å².